The number of piperidine rings is 1. The Morgan fingerprint density at radius 2 is 1.77 bits per heavy atom. The highest BCUT2D eigenvalue weighted by Crippen LogP contribution is 2.28. The van der Waals surface area contributed by atoms with E-state index in [1.165, 1.54) is 11.3 Å². The van der Waals surface area contributed by atoms with Crippen LogP contribution in [0.2, 0.25) is 0 Å². The van der Waals surface area contributed by atoms with E-state index in [2.05, 4.69) is 5.32 Å². The second-order valence-corrected chi connectivity index (χ2v) is 7.68. The summed E-state index contributed by atoms with van der Waals surface area (Å²) in [5.74, 6) is -2.92. The van der Waals surface area contributed by atoms with Gasteiger partial charge in [0.1, 0.15) is 6.10 Å². The fraction of sp³-hybridized carbons (Fsp3) is 0.889. The van der Waals surface area contributed by atoms with Crippen molar-refractivity contribution in [3.8, 4) is 0 Å². The molecule has 26 heavy (non-hydrogen) atoms. The molecule has 1 atom stereocenters. The molecule has 2 aliphatic heterocycles. The molecule has 8 heteroatoms. The van der Waals surface area contributed by atoms with Gasteiger partial charge in [-0.2, -0.15) is 0 Å². The minimum atomic E-state index is -2.67. The van der Waals surface area contributed by atoms with Gasteiger partial charge in [0.15, 0.2) is 0 Å². The fourth-order valence-corrected chi connectivity index (χ4v) is 3.98. The van der Waals surface area contributed by atoms with Crippen LogP contribution in [-0.4, -0.2) is 79.0 Å². The predicted molar refractivity (Wildman–Crippen MR) is 92.0 cm³/mol. The minimum Gasteiger partial charge on any atom is -0.366 e. The molecule has 0 aromatic heterocycles. The van der Waals surface area contributed by atoms with Crippen molar-refractivity contribution in [1.29, 1.82) is 0 Å². The molecular formula is C18H29F2N3O3. The van der Waals surface area contributed by atoms with E-state index in [4.69, 9.17) is 4.74 Å². The first kappa shape index (κ1) is 19.5. The number of hydrogen-bond donors (Lipinski definition) is 1. The third-order valence-electron chi connectivity index (χ3n) is 5.57. The first-order valence-electron chi connectivity index (χ1n) is 9.73. The maximum Gasteiger partial charge on any atom is 0.253 e. The van der Waals surface area contributed by atoms with Gasteiger partial charge < -0.3 is 15.0 Å². The zero-order chi connectivity index (χ0) is 18.6. The van der Waals surface area contributed by atoms with Crippen LogP contribution in [0, 0.1) is 0 Å². The van der Waals surface area contributed by atoms with Crippen LogP contribution in [0.25, 0.3) is 0 Å². The van der Waals surface area contributed by atoms with E-state index in [1.54, 1.807) is 0 Å². The first-order chi connectivity index (χ1) is 12.4. The lowest BCUT2D eigenvalue weighted by Gasteiger charge is -2.37. The molecule has 0 aromatic rings. The van der Waals surface area contributed by atoms with Gasteiger partial charge in [0.25, 0.3) is 11.8 Å². The second-order valence-electron chi connectivity index (χ2n) is 7.68. The predicted octanol–water partition coefficient (Wildman–Crippen LogP) is 1.39. The number of hydrogen-bond acceptors (Lipinski definition) is 4. The Morgan fingerprint density at radius 3 is 2.46 bits per heavy atom. The third kappa shape index (κ3) is 5.36. The third-order valence-corrected chi connectivity index (χ3v) is 5.57. The summed E-state index contributed by atoms with van der Waals surface area (Å²) in [7, 11) is 0. The molecule has 148 valence electrons. The number of alkyl halides is 2. The van der Waals surface area contributed by atoms with Crippen molar-refractivity contribution in [2.45, 2.75) is 63.0 Å². The zero-order valence-electron chi connectivity index (χ0n) is 15.2. The molecule has 0 radical (unpaired) electrons. The Balaban J connectivity index is 1.44. The van der Waals surface area contributed by atoms with Crippen LogP contribution in [-0.2, 0) is 14.3 Å². The standard InChI is InChI=1S/C18H29F2N3O3/c19-18(20)6-8-23(9-7-18)17(25)15-12-22(10-11-26-15)13-16(24)21-14-4-2-1-3-5-14/h14-15H,1-13H2,(H,21,24). The first-order valence-corrected chi connectivity index (χ1v) is 9.73. The molecule has 1 aliphatic carbocycles. The molecule has 3 aliphatic rings. The van der Waals surface area contributed by atoms with Gasteiger partial charge in [-0.3, -0.25) is 14.5 Å². The molecule has 3 rings (SSSR count). The molecule has 6 nitrogen and oxygen atoms in total. The monoisotopic (exact) mass is 373 g/mol. The maximum absolute atomic E-state index is 13.3. The molecule has 2 amide bonds. The Morgan fingerprint density at radius 1 is 1.08 bits per heavy atom. The highest BCUT2D eigenvalue weighted by molar-refractivity contribution is 5.82. The Labute approximate surface area is 153 Å². The Bertz CT molecular complexity index is 502. The summed E-state index contributed by atoms with van der Waals surface area (Å²) in [5.41, 5.74) is 0. The summed E-state index contributed by atoms with van der Waals surface area (Å²) in [6, 6.07) is 0.268. The van der Waals surface area contributed by atoms with Crippen molar-refractivity contribution < 1.29 is 23.1 Å². The van der Waals surface area contributed by atoms with E-state index >= 15 is 0 Å². The summed E-state index contributed by atoms with van der Waals surface area (Å²) < 4.78 is 32.1. The average molecular weight is 373 g/mol. The number of amides is 2. The van der Waals surface area contributed by atoms with Crippen molar-refractivity contribution in [3.05, 3.63) is 0 Å². The lowest BCUT2D eigenvalue weighted by molar-refractivity contribution is -0.155. The minimum absolute atomic E-state index is 0.0115. The number of halogens is 2. The molecular weight excluding hydrogens is 344 g/mol. The normalized spacial score (nSPS) is 27.9. The van der Waals surface area contributed by atoms with E-state index in [-0.39, 0.29) is 50.3 Å². The number of morpholine rings is 1. The largest absolute Gasteiger partial charge is 0.366 e. The molecule has 1 unspecified atom stereocenters. The van der Waals surface area contributed by atoms with E-state index in [1.807, 2.05) is 4.90 Å². The molecule has 0 aromatic carbocycles. The smallest absolute Gasteiger partial charge is 0.253 e. The van der Waals surface area contributed by atoms with Gasteiger partial charge in [0, 0.05) is 45.1 Å². The van der Waals surface area contributed by atoms with Gasteiger partial charge >= 0.3 is 0 Å². The van der Waals surface area contributed by atoms with Crippen molar-refractivity contribution in [3.63, 3.8) is 0 Å². The number of carbonyl (C=O) groups excluding carboxylic acids is 2. The lowest BCUT2D eigenvalue weighted by atomic mass is 9.95. The summed E-state index contributed by atoms with van der Waals surface area (Å²) in [6.45, 7) is 1.68. The van der Waals surface area contributed by atoms with Crippen LogP contribution in [0.4, 0.5) is 8.78 Å². The van der Waals surface area contributed by atoms with Gasteiger partial charge in [-0.15, -0.1) is 0 Å². The number of rotatable bonds is 4. The second kappa shape index (κ2) is 8.61. The quantitative estimate of drug-likeness (QED) is 0.809. The van der Waals surface area contributed by atoms with E-state index in [0.29, 0.717) is 19.7 Å². The summed E-state index contributed by atoms with van der Waals surface area (Å²) in [4.78, 5) is 28.2. The summed E-state index contributed by atoms with van der Waals surface area (Å²) >= 11 is 0. The van der Waals surface area contributed by atoms with Crippen molar-refractivity contribution in [2.24, 2.45) is 0 Å². The molecule has 0 spiro atoms. The molecule has 2 heterocycles. The van der Waals surface area contributed by atoms with Crippen LogP contribution in [0.3, 0.4) is 0 Å². The van der Waals surface area contributed by atoms with Crippen LogP contribution >= 0.6 is 0 Å². The van der Waals surface area contributed by atoms with Crippen molar-refractivity contribution >= 4 is 11.8 Å². The number of likely N-dealkylation sites (tertiary alicyclic amines) is 1. The van der Waals surface area contributed by atoms with Gasteiger partial charge in [0.2, 0.25) is 5.91 Å². The van der Waals surface area contributed by atoms with Gasteiger partial charge in [0.05, 0.1) is 13.2 Å². The van der Waals surface area contributed by atoms with E-state index in [0.717, 1.165) is 25.7 Å². The Hall–Kier alpha value is -1.28. The fourth-order valence-electron chi connectivity index (χ4n) is 3.98. The Kier molecular flexibility index (Phi) is 6.45. The molecule has 1 saturated carbocycles. The molecule has 1 N–H and O–H groups in total. The number of nitrogens with one attached hydrogen (secondary N) is 1. The highest BCUT2D eigenvalue weighted by Gasteiger charge is 2.38. The van der Waals surface area contributed by atoms with Crippen LogP contribution in [0.1, 0.15) is 44.9 Å². The van der Waals surface area contributed by atoms with Crippen LogP contribution in [0.5, 0.6) is 0 Å². The highest BCUT2D eigenvalue weighted by atomic mass is 19.3. The van der Waals surface area contributed by atoms with E-state index in [9.17, 15) is 18.4 Å². The van der Waals surface area contributed by atoms with Gasteiger partial charge in [-0.1, -0.05) is 19.3 Å². The summed E-state index contributed by atoms with van der Waals surface area (Å²) in [5, 5.41) is 3.08. The van der Waals surface area contributed by atoms with Gasteiger partial charge in [-0.25, -0.2) is 8.78 Å². The summed E-state index contributed by atoms with van der Waals surface area (Å²) in [6.07, 6.45) is 4.38. The lowest BCUT2D eigenvalue weighted by Crippen LogP contribution is -2.55. The zero-order valence-corrected chi connectivity index (χ0v) is 15.2. The van der Waals surface area contributed by atoms with E-state index < -0.39 is 12.0 Å². The average Bonchev–Trinajstić information content (AvgIpc) is 2.62. The number of nitrogens with zero attached hydrogens (tertiary/aromatic N) is 2. The topological polar surface area (TPSA) is 61.9 Å². The van der Waals surface area contributed by atoms with Crippen molar-refractivity contribution in [1.82, 2.24) is 15.1 Å². The SMILES string of the molecule is O=C(CN1CCOC(C(=O)N2CCC(F)(F)CC2)C1)NC1CCCCC1. The van der Waals surface area contributed by atoms with Crippen molar-refractivity contribution in [2.75, 3.05) is 39.3 Å². The molecule has 2 saturated heterocycles. The van der Waals surface area contributed by atoms with Gasteiger partial charge in [-0.05, 0) is 12.8 Å². The van der Waals surface area contributed by atoms with Crippen LogP contribution in [0.15, 0.2) is 0 Å². The maximum atomic E-state index is 13.3. The molecule has 0 bridgehead atoms. The number of carbonyl (C=O) groups is 2. The number of ether oxygens (including phenoxy) is 1. The van der Waals surface area contributed by atoms with Crippen LogP contribution < -0.4 is 5.32 Å². The molecule has 3 fully saturated rings.